The number of benzene rings is 2. The molecule has 3 N–H and O–H groups in total. The number of carbonyl (C=O) groups is 1. The summed E-state index contributed by atoms with van der Waals surface area (Å²) in [7, 11) is 0. The van der Waals surface area contributed by atoms with Gasteiger partial charge in [0, 0.05) is 19.1 Å². The van der Waals surface area contributed by atoms with Crippen LogP contribution in [0.3, 0.4) is 0 Å². The van der Waals surface area contributed by atoms with Crippen LogP contribution in [0.1, 0.15) is 10.4 Å². The molecule has 104 valence electrons. The van der Waals surface area contributed by atoms with E-state index in [2.05, 4.69) is 53.1 Å². The first-order chi connectivity index (χ1) is 9.38. The average molecular weight is 467 g/mol. The van der Waals surface area contributed by atoms with E-state index in [4.69, 9.17) is 5.73 Å². The minimum atomic E-state index is -0.478. The molecular formula is C13H8Br3FN2O. The van der Waals surface area contributed by atoms with Gasteiger partial charge in [0.15, 0.2) is 0 Å². The molecule has 0 saturated carbocycles. The number of nitrogens with two attached hydrogens (primary N) is 1. The van der Waals surface area contributed by atoms with Crippen molar-refractivity contribution in [1.29, 1.82) is 0 Å². The predicted octanol–water partition coefficient (Wildman–Crippen LogP) is 4.95. The molecule has 3 nitrogen and oxygen atoms in total. The molecule has 2 aromatic rings. The number of hydrogen-bond acceptors (Lipinski definition) is 2. The molecular weight excluding hydrogens is 459 g/mol. The number of halogens is 4. The SMILES string of the molecule is Nc1cc(Br)c(NC(=O)c2cc(F)ccc2Br)c(Br)c1. The van der Waals surface area contributed by atoms with E-state index in [0.29, 0.717) is 24.8 Å². The van der Waals surface area contributed by atoms with Crippen LogP contribution in [-0.4, -0.2) is 5.91 Å². The number of amides is 1. The summed E-state index contributed by atoms with van der Waals surface area (Å²) in [4.78, 5) is 12.2. The van der Waals surface area contributed by atoms with Gasteiger partial charge in [0.1, 0.15) is 5.82 Å². The molecule has 0 fully saturated rings. The monoisotopic (exact) mass is 464 g/mol. The van der Waals surface area contributed by atoms with Crippen molar-refractivity contribution < 1.29 is 9.18 Å². The summed E-state index contributed by atoms with van der Waals surface area (Å²) in [6, 6.07) is 7.26. The summed E-state index contributed by atoms with van der Waals surface area (Å²) in [5, 5.41) is 2.71. The smallest absolute Gasteiger partial charge is 0.256 e. The normalized spacial score (nSPS) is 10.4. The van der Waals surface area contributed by atoms with E-state index >= 15 is 0 Å². The molecule has 0 aromatic heterocycles. The van der Waals surface area contributed by atoms with E-state index in [1.165, 1.54) is 18.2 Å². The van der Waals surface area contributed by atoms with Crippen molar-refractivity contribution in [2.45, 2.75) is 0 Å². The molecule has 0 spiro atoms. The number of nitrogen functional groups attached to an aromatic ring is 1. The van der Waals surface area contributed by atoms with E-state index in [1.807, 2.05) is 0 Å². The first-order valence-corrected chi connectivity index (χ1v) is 7.77. The molecule has 20 heavy (non-hydrogen) atoms. The third kappa shape index (κ3) is 3.39. The first-order valence-electron chi connectivity index (χ1n) is 5.39. The molecule has 0 aliphatic carbocycles. The summed E-state index contributed by atoms with van der Waals surface area (Å²) >= 11 is 9.87. The lowest BCUT2D eigenvalue weighted by atomic mass is 10.2. The number of anilines is 2. The van der Waals surface area contributed by atoms with Gasteiger partial charge in [-0.2, -0.15) is 0 Å². The molecule has 0 bridgehead atoms. The molecule has 1 amide bonds. The van der Waals surface area contributed by atoms with Crippen molar-refractivity contribution in [2.24, 2.45) is 0 Å². The summed E-state index contributed by atoms with van der Waals surface area (Å²) in [6.45, 7) is 0. The lowest BCUT2D eigenvalue weighted by Crippen LogP contribution is -2.14. The van der Waals surface area contributed by atoms with Crippen LogP contribution in [0.15, 0.2) is 43.7 Å². The molecule has 0 heterocycles. The molecule has 0 atom stereocenters. The van der Waals surface area contributed by atoms with Gasteiger partial charge in [-0.1, -0.05) is 0 Å². The van der Waals surface area contributed by atoms with Crippen molar-refractivity contribution in [3.8, 4) is 0 Å². The third-order valence-corrected chi connectivity index (χ3v) is 4.42. The molecule has 0 saturated heterocycles. The van der Waals surface area contributed by atoms with Gasteiger partial charge < -0.3 is 11.1 Å². The highest BCUT2D eigenvalue weighted by Gasteiger charge is 2.15. The van der Waals surface area contributed by atoms with Crippen molar-refractivity contribution in [2.75, 3.05) is 11.1 Å². The highest BCUT2D eigenvalue weighted by atomic mass is 79.9. The summed E-state index contributed by atoms with van der Waals surface area (Å²) in [5.41, 5.74) is 6.97. The third-order valence-electron chi connectivity index (χ3n) is 2.48. The maximum absolute atomic E-state index is 13.2. The maximum atomic E-state index is 13.2. The van der Waals surface area contributed by atoms with Gasteiger partial charge in [0.05, 0.1) is 11.3 Å². The Kier molecular flexibility index (Phi) is 4.82. The molecule has 0 aliphatic rings. The Morgan fingerprint density at radius 1 is 1.05 bits per heavy atom. The number of hydrogen-bond donors (Lipinski definition) is 2. The van der Waals surface area contributed by atoms with Crippen LogP contribution in [0.5, 0.6) is 0 Å². The zero-order valence-corrected chi connectivity index (χ0v) is 14.6. The molecule has 0 aliphatic heterocycles. The Morgan fingerprint density at radius 2 is 1.65 bits per heavy atom. The van der Waals surface area contributed by atoms with Gasteiger partial charge in [0.2, 0.25) is 0 Å². The Balaban J connectivity index is 2.35. The largest absolute Gasteiger partial charge is 0.399 e. The molecule has 0 unspecified atom stereocenters. The van der Waals surface area contributed by atoms with Gasteiger partial charge in [-0.3, -0.25) is 4.79 Å². The Hall–Kier alpha value is -0.920. The Bertz CT molecular complexity index is 668. The van der Waals surface area contributed by atoms with Gasteiger partial charge in [-0.15, -0.1) is 0 Å². The van der Waals surface area contributed by atoms with Crippen LogP contribution in [-0.2, 0) is 0 Å². The van der Waals surface area contributed by atoms with Crippen molar-refractivity contribution >= 4 is 65.1 Å². The molecule has 2 aromatic carbocycles. The number of nitrogens with one attached hydrogen (secondary N) is 1. The molecule has 7 heteroatoms. The molecule has 0 radical (unpaired) electrons. The molecule has 2 rings (SSSR count). The standard InChI is InChI=1S/C13H8Br3FN2O/c14-9-2-1-6(17)3-8(9)13(20)19-12-10(15)4-7(18)5-11(12)16/h1-5H,18H2,(H,19,20). The van der Waals surface area contributed by atoms with E-state index in [9.17, 15) is 9.18 Å². The fourth-order valence-corrected chi connectivity index (χ4v) is 3.41. The van der Waals surface area contributed by atoms with E-state index in [-0.39, 0.29) is 5.56 Å². The topological polar surface area (TPSA) is 55.1 Å². The maximum Gasteiger partial charge on any atom is 0.256 e. The fraction of sp³-hybridized carbons (Fsp3) is 0. The summed E-state index contributed by atoms with van der Waals surface area (Å²) in [6.07, 6.45) is 0. The summed E-state index contributed by atoms with van der Waals surface area (Å²) < 4.78 is 15.0. The van der Waals surface area contributed by atoms with E-state index in [1.54, 1.807) is 12.1 Å². The second-order valence-corrected chi connectivity index (χ2v) is 6.50. The van der Waals surface area contributed by atoms with E-state index < -0.39 is 11.7 Å². The quantitative estimate of drug-likeness (QED) is 0.615. The van der Waals surface area contributed by atoms with Crippen LogP contribution >= 0.6 is 47.8 Å². The van der Waals surface area contributed by atoms with Crippen LogP contribution in [0.25, 0.3) is 0 Å². The number of carbonyl (C=O) groups excluding carboxylic acids is 1. The zero-order valence-electron chi connectivity index (χ0n) is 9.88. The van der Waals surface area contributed by atoms with Gasteiger partial charge in [-0.05, 0) is 78.1 Å². The van der Waals surface area contributed by atoms with Gasteiger partial charge in [-0.25, -0.2) is 4.39 Å². The Morgan fingerprint density at radius 3 is 2.25 bits per heavy atom. The lowest BCUT2D eigenvalue weighted by Gasteiger charge is -2.11. The van der Waals surface area contributed by atoms with Crippen LogP contribution in [0, 0.1) is 5.82 Å². The highest BCUT2D eigenvalue weighted by molar-refractivity contribution is 9.11. The second kappa shape index (κ2) is 6.24. The zero-order chi connectivity index (χ0) is 14.9. The first kappa shape index (κ1) is 15.5. The summed E-state index contributed by atoms with van der Waals surface area (Å²) in [5.74, 6) is -0.906. The van der Waals surface area contributed by atoms with Crippen molar-refractivity contribution in [3.63, 3.8) is 0 Å². The minimum absolute atomic E-state index is 0.209. The minimum Gasteiger partial charge on any atom is -0.399 e. The van der Waals surface area contributed by atoms with Gasteiger partial charge >= 0.3 is 0 Å². The van der Waals surface area contributed by atoms with Crippen LogP contribution in [0.4, 0.5) is 15.8 Å². The van der Waals surface area contributed by atoms with Crippen LogP contribution in [0.2, 0.25) is 0 Å². The average Bonchev–Trinajstić information content (AvgIpc) is 2.36. The Labute approximate surface area is 140 Å². The fourth-order valence-electron chi connectivity index (χ4n) is 1.56. The highest BCUT2D eigenvalue weighted by Crippen LogP contribution is 2.34. The second-order valence-electron chi connectivity index (χ2n) is 3.94. The van der Waals surface area contributed by atoms with Crippen LogP contribution < -0.4 is 11.1 Å². The van der Waals surface area contributed by atoms with Gasteiger partial charge in [0.25, 0.3) is 5.91 Å². The number of rotatable bonds is 2. The lowest BCUT2D eigenvalue weighted by molar-refractivity contribution is 0.102. The van der Waals surface area contributed by atoms with Crippen molar-refractivity contribution in [1.82, 2.24) is 0 Å². The van der Waals surface area contributed by atoms with Crippen molar-refractivity contribution in [3.05, 3.63) is 55.1 Å². The predicted molar refractivity (Wildman–Crippen MR) is 88.3 cm³/mol. The van der Waals surface area contributed by atoms with E-state index in [0.717, 1.165) is 0 Å².